The topological polar surface area (TPSA) is 67.8 Å². The quantitative estimate of drug-likeness (QED) is 0.466. The van der Waals surface area contributed by atoms with Crippen LogP contribution in [0.2, 0.25) is 0 Å². The fourth-order valence-electron chi connectivity index (χ4n) is 2.75. The molecule has 0 saturated heterocycles. The molecule has 0 aromatic heterocycles. The van der Waals surface area contributed by atoms with E-state index in [1.54, 1.807) is 43.5 Å². The van der Waals surface area contributed by atoms with Crippen molar-refractivity contribution in [2.75, 3.05) is 12.4 Å². The molecule has 3 rings (SSSR count). The van der Waals surface area contributed by atoms with E-state index in [-0.39, 0.29) is 18.0 Å². The average molecular weight is 460 g/mol. The van der Waals surface area contributed by atoms with Crippen molar-refractivity contribution in [3.8, 4) is 11.5 Å². The fourth-order valence-corrected chi connectivity index (χ4v) is 3.20. The van der Waals surface area contributed by atoms with Gasteiger partial charge in [0.05, 0.1) is 12.7 Å². The Morgan fingerprint density at radius 3 is 2.48 bits per heavy atom. The van der Waals surface area contributed by atoms with Crippen LogP contribution in [0, 0.1) is 5.82 Å². The van der Waals surface area contributed by atoms with Gasteiger partial charge < -0.3 is 19.9 Å². The van der Waals surface area contributed by atoms with Gasteiger partial charge >= 0.3 is 5.97 Å². The molecule has 0 amide bonds. The van der Waals surface area contributed by atoms with Crippen LogP contribution in [0.15, 0.2) is 65.1 Å². The first-order valence-corrected chi connectivity index (χ1v) is 9.57. The van der Waals surface area contributed by atoms with E-state index in [1.165, 1.54) is 18.2 Å². The van der Waals surface area contributed by atoms with Crippen molar-refractivity contribution >= 4 is 27.6 Å². The Morgan fingerprint density at radius 2 is 1.83 bits per heavy atom. The largest absolute Gasteiger partial charge is 0.493 e. The van der Waals surface area contributed by atoms with Crippen molar-refractivity contribution in [3.63, 3.8) is 0 Å². The summed E-state index contributed by atoms with van der Waals surface area (Å²) in [6.45, 7) is 0.441. The Hall–Kier alpha value is -3.06. The molecule has 0 atom stereocenters. The van der Waals surface area contributed by atoms with E-state index < -0.39 is 5.97 Å². The number of hydrogen-bond donors (Lipinski definition) is 2. The van der Waals surface area contributed by atoms with Gasteiger partial charge in [-0.1, -0.05) is 34.1 Å². The Bertz CT molecular complexity index is 1010. The minimum atomic E-state index is -0.976. The van der Waals surface area contributed by atoms with E-state index in [4.69, 9.17) is 14.6 Å². The first kappa shape index (κ1) is 20.7. The van der Waals surface area contributed by atoms with Crippen molar-refractivity contribution in [1.29, 1.82) is 0 Å². The molecule has 5 nitrogen and oxygen atoms in total. The van der Waals surface area contributed by atoms with Crippen LogP contribution in [0.5, 0.6) is 11.5 Å². The molecule has 0 aliphatic carbocycles. The molecular weight excluding hydrogens is 441 g/mol. The predicted octanol–water partition coefficient (Wildman–Crippen LogP) is 5.49. The maximum Gasteiger partial charge on any atom is 0.335 e. The second kappa shape index (κ2) is 9.43. The molecule has 0 fully saturated rings. The van der Waals surface area contributed by atoms with Gasteiger partial charge in [0.15, 0.2) is 11.5 Å². The maximum atomic E-state index is 13.9. The van der Waals surface area contributed by atoms with Crippen molar-refractivity contribution in [3.05, 3.63) is 87.6 Å². The predicted molar refractivity (Wildman–Crippen MR) is 112 cm³/mol. The summed E-state index contributed by atoms with van der Waals surface area (Å²) in [5.41, 5.74) is 2.21. The Balaban J connectivity index is 1.81. The molecule has 0 saturated carbocycles. The molecular formula is C22H19BrFNO4. The minimum Gasteiger partial charge on any atom is -0.493 e. The summed E-state index contributed by atoms with van der Waals surface area (Å²) in [5.74, 6) is -0.280. The third-order valence-corrected chi connectivity index (χ3v) is 5.06. The van der Waals surface area contributed by atoms with Gasteiger partial charge in [0.25, 0.3) is 0 Å². The monoisotopic (exact) mass is 459 g/mol. The highest BCUT2D eigenvalue weighted by molar-refractivity contribution is 9.10. The lowest BCUT2D eigenvalue weighted by molar-refractivity contribution is 0.0697. The van der Waals surface area contributed by atoms with E-state index in [2.05, 4.69) is 21.2 Å². The summed E-state index contributed by atoms with van der Waals surface area (Å²) < 4.78 is 26.1. The number of carboxylic acids is 1. The maximum absolute atomic E-state index is 13.9. The zero-order chi connectivity index (χ0) is 20.8. The van der Waals surface area contributed by atoms with Gasteiger partial charge in [0, 0.05) is 27.8 Å². The van der Waals surface area contributed by atoms with Crippen LogP contribution < -0.4 is 14.8 Å². The second-order valence-electron chi connectivity index (χ2n) is 6.17. The van der Waals surface area contributed by atoms with Crippen LogP contribution >= 0.6 is 15.9 Å². The smallest absolute Gasteiger partial charge is 0.335 e. The normalized spacial score (nSPS) is 10.4. The van der Waals surface area contributed by atoms with Crippen LogP contribution in [0.4, 0.5) is 10.1 Å². The number of rotatable bonds is 8. The number of carboxylic acid groups (broad SMARTS) is 1. The number of aromatic carboxylic acids is 1. The minimum absolute atomic E-state index is 0.0554. The van der Waals surface area contributed by atoms with E-state index in [9.17, 15) is 9.18 Å². The highest BCUT2D eigenvalue weighted by Crippen LogP contribution is 2.37. The third-order valence-electron chi connectivity index (χ3n) is 4.32. The zero-order valence-corrected chi connectivity index (χ0v) is 17.2. The molecule has 0 bridgehead atoms. The lowest BCUT2D eigenvalue weighted by Crippen LogP contribution is -2.07. The lowest BCUT2D eigenvalue weighted by Gasteiger charge is -2.18. The second-order valence-corrected chi connectivity index (χ2v) is 7.03. The van der Waals surface area contributed by atoms with Gasteiger partial charge in [-0.2, -0.15) is 0 Å². The highest BCUT2D eigenvalue weighted by atomic mass is 79.9. The van der Waals surface area contributed by atoms with E-state index in [0.29, 0.717) is 23.6 Å². The summed E-state index contributed by atoms with van der Waals surface area (Å²) in [6, 6.07) is 16.5. The number of carbonyl (C=O) groups is 1. The fraction of sp³-hybridized carbons (Fsp3) is 0.136. The number of benzene rings is 3. The van der Waals surface area contributed by atoms with Crippen LogP contribution in [0.3, 0.4) is 0 Å². The molecule has 0 aliphatic heterocycles. The lowest BCUT2D eigenvalue weighted by atomic mass is 10.1. The molecule has 2 N–H and O–H groups in total. The Morgan fingerprint density at radius 1 is 1.10 bits per heavy atom. The number of ether oxygens (including phenoxy) is 2. The van der Waals surface area contributed by atoms with Gasteiger partial charge in [-0.05, 0) is 42.5 Å². The van der Waals surface area contributed by atoms with Gasteiger partial charge in [0.1, 0.15) is 12.4 Å². The molecule has 3 aromatic carbocycles. The van der Waals surface area contributed by atoms with Crippen molar-refractivity contribution < 1.29 is 23.8 Å². The summed E-state index contributed by atoms with van der Waals surface area (Å²) in [5, 5.41) is 12.2. The van der Waals surface area contributed by atoms with Crippen LogP contribution in [0.1, 0.15) is 21.5 Å². The molecule has 0 aliphatic rings. The first-order chi connectivity index (χ1) is 14.0. The Labute approximate surface area is 176 Å². The molecule has 7 heteroatoms. The summed E-state index contributed by atoms with van der Waals surface area (Å²) >= 11 is 3.53. The van der Waals surface area contributed by atoms with Gasteiger partial charge in [-0.25, -0.2) is 9.18 Å². The number of halogens is 2. The standard InChI is InChI=1S/C22H19BrFNO4/c1-28-20-11-10-18(23)17(12-25-16-8-6-14(7-9-16)22(26)27)21(20)29-13-15-4-2-3-5-19(15)24/h2-11,25H,12-13H2,1H3,(H,26,27). The summed E-state index contributed by atoms with van der Waals surface area (Å²) in [7, 11) is 1.54. The van der Waals surface area contributed by atoms with E-state index in [0.717, 1.165) is 15.7 Å². The zero-order valence-electron chi connectivity index (χ0n) is 15.6. The van der Waals surface area contributed by atoms with Crippen molar-refractivity contribution in [2.45, 2.75) is 13.2 Å². The first-order valence-electron chi connectivity index (χ1n) is 8.78. The Kier molecular flexibility index (Phi) is 6.72. The summed E-state index contributed by atoms with van der Waals surface area (Å²) in [4.78, 5) is 11.0. The molecule has 150 valence electrons. The highest BCUT2D eigenvalue weighted by Gasteiger charge is 2.16. The van der Waals surface area contributed by atoms with Gasteiger partial charge in [0.2, 0.25) is 0 Å². The van der Waals surface area contributed by atoms with E-state index in [1.807, 2.05) is 6.07 Å². The number of nitrogens with one attached hydrogen (secondary N) is 1. The third kappa shape index (κ3) is 5.06. The van der Waals surface area contributed by atoms with Crippen molar-refractivity contribution in [1.82, 2.24) is 0 Å². The summed E-state index contributed by atoms with van der Waals surface area (Å²) in [6.07, 6.45) is 0. The number of anilines is 1. The van der Waals surface area contributed by atoms with Gasteiger partial charge in [-0.3, -0.25) is 0 Å². The number of hydrogen-bond acceptors (Lipinski definition) is 4. The van der Waals surface area contributed by atoms with E-state index >= 15 is 0 Å². The van der Waals surface area contributed by atoms with Crippen molar-refractivity contribution in [2.24, 2.45) is 0 Å². The van der Waals surface area contributed by atoms with Gasteiger partial charge in [-0.15, -0.1) is 0 Å². The SMILES string of the molecule is COc1ccc(Br)c(CNc2ccc(C(=O)O)cc2)c1OCc1ccccc1F. The van der Waals surface area contributed by atoms with Crippen LogP contribution in [0.25, 0.3) is 0 Å². The average Bonchev–Trinajstić information content (AvgIpc) is 2.73. The molecule has 29 heavy (non-hydrogen) atoms. The number of methoxy groups -OCH3 is 1. The molecule has 3 aromatic rings. The molecule has 0 radical (unpaired) electrons. The molecule has 0 heterocycles. The van der Waals surface area contributed by atoms with Crippen LogP contribution in [-0.4, -0.2) is 18.2 Å². The molecule has 0 spiro atoms. The molecule has 0 unspecified atom stereocenters. The van der Waals surface area contributed by atoms with Crippen LogP contribution in [-0.2, 0) is 13.2 Å².